The number of methoxy groups -OCH3 is 1. The predicted octanol–water partition coefficient (Wildman–Crippen LogP) is 2.26. The van der Waals surface area contributed by atoms with Gasteiger partial charge in [0.2, 0.25) is 17.8 Å². The Morgan fingerprint density at radius 2 is 1.42 bits per heavy atom. The van der Waals surface area contributed by atoms with Crippen molar-refractivity contribution in [3.8, 4) is 5.75 Å². The minimum Gasteiger partial charge on any atom is -0.497 e. The van der Waals surface area contributed by atoms with Crippen LogP contribution in [0, 0.1) is 0 Å². The standard InChI is InChI=1S/C26H36N8O4/c1-36-22-10-8-21(9-11-22)31-26-33-24(29-13-5-12-27)32-25(34-26)30-15-17-38-19-18-37-16-14-28-23(35)20-6-3-2-4-7-20/h2-4,6-11H,5,12-19,27H2,1H3,(H,28,35)(H3,29,30,31,32,33,34). The summed E-state index contributed by atoms with van der Waals surface area (Å²) in [6.45, 7) is 3.88. The average Bonchev–Trinajstić information content (AvgIpc) is 2.95. The van der Waals surface area contributed by atoms with E-state index in [4.69, 9.17) is 19.9 Å². The summed E-state index contributed by atoms with van der Waals surface area (Å²) in [4.78, 5) is 25.3. The van der Waals surface area contributed by atoms with Crippen LogP contribution in [0.4, 0.5) is 23.5 Å². The number of hydrogen-bond acceptors (Lipinski definition) is 11. The van der Waals surface area contributed by atoms with Crippen molar-refractivity contribution in [3.05, 3.63) is 60.2 Å². The van der Waals surface area contributed by atoms with Crippen molar-refractivity contribution in [1.82, 2.24) is 20.3 Å². The molecule has 0 atom stereocenters. The molecule has 0 saturated heterocycles. The molecule has 0 aliphatic heterocycles. The van der Waals surface area contributed by atoms with Crippen molar-refractivity contribution in [2.45, 2.75) is 6.42 Å². The second-order valence-corrected chi connectivity index (χ2v) is 8.00. The van der Waals surface area contributed by atoms with Crippen LogP contribution in [-0.4, -0.2) is 80.6 Å². The molecule has 0 aliphatic rings. The molecule has 1 heterocycles. The number of amides is 1. The van der Waals surface area contributed by atoms with Crippen LogP contribution in [0.2, 0.25) is 0 Å². The van der Waals surface area contributed by atoms with Crippen LogP contribution in [0.5, 0.6) is 5.75 Å². The summed E-state index contributed by atoms with van der Waals surface area (Å²) in [6, 6.07) is 16.5. The Morgan fingerprint density at radius 1 is 0.789 bits per heavy atom. The van der Waals surface area contributed by atoms with Crippen molar-refractivity contribution in [2.75, 3.05) is 75.7 Å². The highest BCUT2D eigenvalue weighted by atomic mass is 16.5. The number of nitrogens with two attached hydrogens (primary N) is 1. The molecule has 12 heteroatoms. The largest absolute Gasteiger partial charge is 0.497 e. The number of rotatable bonds is 18. The van der Waals surface area contributed by atoms with Crippen molar-refractivity contribution in [2.24, 2.45) is 5.73 Å². The highest BCUT2D eigenvalue weighted by Crippen LogP contribution is 2.19. The normalized spacial score (nSPS) is 10.6. The first kappa shape index (κ1) is 28.6. The van der Waals surface area contributed by atoms with Gasteiger partial charge >= 0.3 is 0 Å². The average molecular weight is 525 g/mol. The maximum atomic E-state index is 12.0. The highest BCUT2D eigenvalue weighted by Gasteiger charge is 2.07. The van der Waals surface area contributed by atoms with Gasteiger partial charge in [-0.2, -0.15) is 15.0 Å². The van der Waals surface area contributed by atoms with E-state index in [1.165, 1.54) is 0 Å². The molecule has 0 bridgehead atoms. The van der Waals surface area contributed by atoms with E-state index in [0.29, 0.717) is 76.0 Å². The number of aromatic nitrogens is 3. The molecule has 38 heavy (non-hydrogen) atoms. The fraction of sp³-hybridized carbons (Fsp3) is 0.385. The lowest BCUT2D eigenvalue weighted by Crippen LogP contribution is -2.27. The lowest BCUT2D eigenvalue weighted by molar-refractivity contribution is 0.0519. The minimum atomic E-state index is -0.116. The third-order valence-corrected chi connectivity index (χ3v) is 5.12. The molecule has 1 aromatic heterocycles. The van der Waals surface area contributed by atoms with Crippen molar-refractivity contribution in [1.29, 1.82) is 0 Å². The Balaban J connectivity index is 1.35. The maximum absolute atomic E-state index is 12.0. The fourth-order valence-electron chi connectivity index (χ4n) is 3.18. The van der Waals surface area contributed by atoms with Crippen LogP contribution >= 0.6 is 0 Å². The summed E-state index contributed by atoms with van der Waals surface area (Å²) >= 11 is 0. The van der Waals surface area contributed by atoms with E-state index in [2.05, 4.69) is 36.2 Å². The lowest BCUT2D eigenvalue weighted by atomic mass is 10.2. The number of benzene rings is 2. The van der Waals surface area contributed by atoms with Gasteiger partial charge in [-0.05, 0) is 49.4 Å². The number of nitrogens with one attached hydrogen (secondary N) is 4. The van der Waals surface area contributed by atoms with Gasteiger partial charge < -0.3 is 41.2 Å². The molecule has 6 N–H and O–H groups in total. The Kier molecular flexibility index (Phi) is 12.5. The first-order valence-electron chi connectivity index (χ1n) is 12.5. The van der Waals surface area contributed by atoms with Gasteiger partial charge in [0.05, 0.1) is 33.5 Å². The van der Waals surface area contributed by atoms with E-state index in [1.54, 1.807) is 19.2 Å². The lowest BCUT2D eigenvalue weighted by Gasteiger charge is -2.12. The second kappa shape index (κ2) is 16.7. The summed E-state index contributed by atoms with van der Waals surface area (Å²) in [5.74, 6) is 1.91. The van der Waals surface area contributed by atoms with Gasteiger partial charge in [0.25, 0.3) is 5.91 Å². The fourth-order valence-corrected chi connectivity index (χ4v) is 3.18. The zero-order chi connectivity index (χ0) is 26.8. The summed E-state index contributed by atoms with van der Waals surface area (Å²) in [5, 5.41) is 12.3. The third kappa shape index (κ3) is 10.5. The predicted molar refractivity (Wildman–Crippen MR) is 147 cm³/mol. The quantitative estimate of drug-likeness (QED) is 0.155. The van der Waals surface area contributed by atoms with E-state index in [-0.39, 0.29) is 5.91 Å². The Bertz CT molecular complexity index is 1090. The molecule has 2 aromatic carbocycles. The molecule has 0 unspecified atom stereocenters. The van der Waals surface area contributed by atoms with Gasteiger partial charge in [-0.3, -0.25) is 4.79 Å². The van der Waals surface area contributed by atoms with Gasteiger partial charge in [-0.25, -0.2) is 0 Å². The topological polar surface area (TPSA) is 158 Å². The third-order valence-electron chi connectivity index (χ3n) is 5.12. The summed E-state index contributed by atoms with van der Waals surface area (Å²) in [7, 11) is 1.62. The number of nitrogens with zero attached hydrogens (tertiary/aromatic N) is 3. The molecule has 0 aliphatic carbocycles. The van der Waals surface area contributed by atoms with Gasteiger partial charge in [-0.15, -0.1) is 0 Å². The molecule has 12 nitrogen and oxygen atoms in total. The van der Waals surface area contributed by atoms with E-state index in [1.807, 2.05) is 42.5 Å². The first-order chi connectivity index (χ1) is 18.7. The van der Waals surface area contributed by atoms with Gasteiger partial charge in [-0.1, -0.05) is 18.2 Å². The molecule has 3 aromatic rings. The van der Waals surface area contributed by atoms with Crippen LogP contribution in [0.1, 0.15) is 16.8 Å². The van der Waals surface area contributed by atoms with Gasteiger partial charge in [0.1, 0.15) is 5.75 Å². The molecule has 1 amide bonds. The van der Waals surface area contributed by atoms with E-state index in [9.17, 15) is 4.79 Å². The summed E-state index contributed by atoms with van der Waals surface area (Å²) in [5.41, 5.74) is 7.03. The molecular formula is C26H36N8O4. The highest BCUT2D eigenvalue weighted by molar-refractivity contribution is 5.94. The zero-order valence-corrected chi connectivity index (χ0v) is 21.6. The maximum Gasteiger partial charge on any atom is 0.251 e. The molecule has 0 radical (unpaired) electrons. The summed E-state index contributed by atoms with van der Waals surface area (Å²) in [6.07, 6.45) is 0.797. The van der Waals surface area contributed by atoms with Crippen LogP contribution in [0.3, 0.4) is 0 Å². The molecule has 3 rings (SSSR count). The summed E-state index contributed by atoms with van der Waals surface area (Å²) < 4.78 is 16.3. The Morgan fingerprint density at radius 3 is 2.08 bits per heavy atom. The molecule has 0 saturated carbocycles. The number of carbonyl (C=O) groups is 1. The second-order valence-electron chi connectivity index (χ2n) is 8.00. The minimum absolute atomic E-state index is 0.116. The van der Waals surface area contributed by atoms with Crippen LogP contribution < -0.4 is 31.7 Å². The monoisotopic (exact) mass is 524 g/mol. The first-order valence-corrected chi connectivity index (χ1v) is 12.5. The zero-order valence-electron chi connectivity index (χ0n) is 21.6. The SMILES string of the molecule is COc1ccc(Nc2nc(NCCCN)nc(NCCOCCOCCNC(=O)c3ccccc3)n2)cc1. The van der Waals surface area contributed by atoms with Crippen LogP contribution in [0.25, 0.3) is 0 Å². The van der Waals surface area contributed by atoms with E-state index in [0.717, 1.165) is 17.9 Å². The molecular weight excluding hydrogens is 488 g/mol. The van der Waals surface area contributed by atoms with Gasteiger partial charge in [0, 0.05) is 30.9 Å². The van der Waals surface area contributed by atoms with E-state index < -0.39 is 0 Å². The number of ether oxygens (including phenoxy) is 3. The van der Waals surface area contributed by atoms with Crippen LogP contribution in [0.15, 0.2) is 54.6 Å². The smallest absolute Gasteiger partial charge is 0.251 e. The molecule has 0 spiro atoms. The van der Waals surface area contributed by atoms with Crippen molar-refractivity contribution in [3.63, 3.8) is 0 Å². The number of carbonyl (C=O) groups excluding carboxylic acids is 1. The van der Waals surface area contributed by atoms with Crippen molar-refractivity contribution < 1.29 is 19.0 Å². The Labute approximate surface area is 222 Å². The van der Waals surface area contributed by atoms with E-state index >= 15 is 0 Å². The molecule has 204 valence electrons. The van der Waals surface area contributed by atoms with Crippen molar-refractivity contribution >= 4 is 29.4 Å². The number of hydrogen-bond donors (Lipinski definition) is 5. The van der Waals surface area contributed by atoms with Gasteiger partial charge in [0.15, 0.2) is 0 Å². The number of anilines is 4. The Hall–Kier alpha value is -4.00. The molecule has 0 fully saturated rings. The van der Waals surface area contributed by atoms with Crippen LogP contribution in [-0.2, 0) is 9.47 Å².